The van der Waals surface area contributed by atoms with Crippen molar-refractivity contribution in [1.29, 1.82) is 0 Å². The Balaban J connectivity index is 2.18. The molecule has 0 bridgehead atoms. The molecule has 5 heteroatoms. The molecule has 1 atom stereocenters. The van der Waals surface area contributed by atoms with E-state index in [0.717, 1.165) is 30.2 Å². The summed E-state index contributed by atoms with van der Waals surface area (Å²) in [7, 11) is 0. The molecule has 2 N–H and O–H groups in total. The van der Waals surface area contributed by atoms with Crippen LogP contribution in [0.5, 0.6) is 11.5 Å². The van der Waals surface area contributed by atoms with Gasteiger partial charge in [0.05, 0.1) is 0 Å². The van der Waals surface area contributed by atoms with Gasteiger partial charge in [-0.25, -0.2) is 8.78 Å². The number of rotatable bonds is 5. The van der Waals surface area contributed by atoms with E-state index < -0.39 is 11.6 Å². The third-order valence-corrected chi connectivity index (χ3v) is 3.50. The molecule has 21 heavy (non-hydrogen) atoms. The van der Waals surface area contributed by atoms with E-state index in [9.17, 15) is 8.78 Å². The van der Waals surface area contributed by atoms with Crippen LogP contribution in [-0.4, -0.2) is 6.04 Å². The molecule has 0 aromatic heterocycles. The van der Waals surface area contributed by atoms with Gasteiger partial charge in [-0.3, -0.25) is 0 Å². The van der Waals surface area contributed by atoms with Crippen molar-refractivity contribution in [1.82, 2.24) is 0 Å². The van der Waals surface area contributed by atoms with Gasteiger partial charge in [0.15, 0.2) is 11.6 Å². The third-order valence-electron chi connectivity index (χ3n) is 3.15. The van der Waals surface area contributed by atoms with E-state index in [2.05, 4.69) is 0 Å². The summed E-state index contributed by atoms with van der Waals surface area (Å²) in [6.07, 6.45) is 1.51. The molecule has 0 aliphatic heterocycles. The summed E-state index contributed by atoms with van der Waals surface area (Å²) in [6, 6.07) is 8.09. The maximum Gasteiger partial charge on any atom is 0.165 e. The predicted octanol–water partition coefficient (Wildman–Crippen LogP) is 4.69. The summed E-state index contributed by atoms with van der Waals surface area (Å²) in [4.78, 5) is 0. The van der Waals surface area contributed by atoms with Gasteiger partial charge in [0, 0.05) is 17.1 Å². The van der Waals surface area contributed by atoms with Crippen molar-refractivity contribution in [3.8, 4) is 11.5 Å². The van der Waals surface area contributed by atoms with Crippen molar-refractivity contribution in [2.75, 3.05) is 0 Å². The van der Waals surface area contributed by atoms with E-state index in [-0.39, 0.29) is 11.8 Å². The van der Waals surface area contributed by atoms with Crippen LogP contribution in [0.4, 0.5) is 8.78 Å². The first kappa shape index (κ1) is 15.7. The Morgan fingerprint density at radius 1 is 1.19 bits per heavy atom. The second kappa shape index (κ2) is 6.87. The van der Waals surface area contributed by atoms with Gasteiger partial charge in [0.2, 0.25) is 0 Å². The van der Waals surface area contributed by atoms with Crippen molar-refractivity contribution < 1.29 is 13.5 Å². The van der Waals surface area contributed by atoms with Crippen LogP contribution in [0.1, 0.15) is 18.9 Å². The fourth-order valence-corrected chi connectivity index (χ4v) is 2.11. The van der Waals surface area contributed by atoms with E-state index in [1.54, 1.807) is 18.2 Å². The average molecular weight is 312 g/mol. The minimum Gasteiger partial charge on any atom is -0.454 e. The number of nitrogens with two attached hydrogens (primary N) is 1. The van der Waals surface area contributed by atoms with Crippen LogP contribution in [0.25, 0.3) is 0 Å². The molecule has 2 nitrogen and oxygen atoms in total. The summed E-state index contributed by atoms with van der Waals surface area (Å²) in [5.74, 6) is -1.03. The Morgan fingerprint density at radius 3 is 2.62 bits per heavy atom. The van der Waals surface area contributed by atoms with Gasteiger partial charge in [0.1, 0.15) is 11.6 Å². The van der Waals surface area contributed by atoms with Crippen molar-refractivity contribution in [3.63, 3.8) is 0 Å². The molecule has 0 aliphatic rings. The van der Waals surface area contributed by atoms with Gasteiger partial charge in [-0.1, -0.05) is 24.6 Å². The van der Waals surface area contributed by atoms with Gasteiger partial charge < -0.3 is 10.5 Å². The van der Waals surface area contributed by atoms with Crippen LogP contribution < -0.4 is 10.5 Å². The van der Waals surface area contributed by atoms with Gasteiger partial charge >= 0.3 is 0 Å². The monoisotopic (exact) mass is 311 g/mol. The van der Waals surface area contributed by atoms with E-state index in [1.807, 2.05) is 6.92 Å². The average Bonchev–Trinajstić information content (AvgIpc) is 2.45. The lowest BCUT2D eigenvalue weighted by molar-refractivity contribution is 0.436. The second-order valence-corrected chi connectivity index (χ2v) is 5.21. The quantitative estimate of drug-likeness (QED) is 0.869. The first-order chi connectivity index (χ1) is 9.99. The van der Waals surface area contributed by atoms with Crippen molar-refractivity contribution >= 4 is 11.6 Å². The molecule has 0 heterocycles. The summed E-state index contributed by atoms with van der Waals surface area (Å²) in [5.41, 5.74) is 6.79. The number of ether oxygens (including phenoxy) is 1. The highest BCUT2D eigenvalue weighted by molar-refractivity contribution is 6.31. The van der Waals surface area contributed by atoms with Gasteiger partial charge in [-0.05, 0) is 42.7 Å². The SMILES string of the molecule is CCC(N)Cc1ccc(Oc2cc(F)ccc2F)cc1Cl. The molecule has 0 fully saturated rings. The molecule has 2 aromatic rings. The maximum atomic E-state index is 13.5. The zero-order valence-corrected chi connectivity index (χ0v) is 12.3. The zero-order chi connectivity index (χ0) is 15.4. The van der Waals surface area contributed by atoms with Crippen molar-refractivity contribution in [2.24, 2.45) is 5.73 Å². The summed E-state index contributed by atoms with van der Waals surface area (Å²) in [5, 5.41) is 0.494. The minimum absolute atomic E-state index is 0.0370. The largest absolute Gasteiger partial charge is 0.454 e. The van der Waals surface area contributed by atoms with Crippen LogP contribution in [0.2, 0.25) is 5.02 Å². The lowest BCUT2D eigenvalue weighted by Gasteiger charge is -2.12. The second-order valence-electron chi connectivity index (χ2n) is 4.80. The molecular weight excluding hydrogens is 296 g/mol. The Kier molecular flexibility index (Phi) is 5.15. The summed E-state index contributed by atoms with van der Waals surface area (Å²) < 4.78 is 31.9. The van der Waals surface area contributed by atoms with E-state index in [0.29, 0.717) is 17.2 Å². The van der Waals surface area contributed by atoms with E-state index in [4.69, 9.17) is 22.1 Å². The fourth-order valence-electron chi connectivity index (χ4n) is 1.87. The van der Waals surface area contributed by atoms with Crippen LogP contribution in [0, 0.1) is 11.6 Å². The number of halogens is 3. The van der Waals surface area contributed by atoms with E-state index in [1.165, 1.54) is 0 Å². The van der Waals surface area contributed by atoms with Gasteiger partial charge in [0.25, 0.3) is 0 Å². The van der Waals surface area contributed by atoms with Crippen molar-refractivity contribution in [3.05, 3.63) is 58.6 Å². The fraction of sp³-hybridized carbons (Fsp3) is 0.250. The Labute approximate surface area is 127 Å². The van der Waals surface area contributed by atoms with Crippen LogP contribution in [0.3, 0.4) is 0 Å². The molecule has 112 valence electrons. The van der Waals surface area contributed by atoms with Crippen molar-refractivity contribution in [2.45, 2.75) is 25.8 Å². The lowest BCUT2D eigenvalue weighted by atomic mass is 10.0. The standard InChI is InChI=1S/C16H16ClF2NO/c1-2-12(20)7-10-3-5-13(9-14(10)17)21-16-8-11(18)4-6-15(16)19/h3-6,8-9,12H,2,7,20H2,1H3. The van der Waals surface area contributed by atoms with Crippen LogP contribution >= 0.6 is 11.6 Å². The Morgan fingerprint density at radius 2 is 1.95 bits per heavy atom. The molecule has 0 radical (unpaired) electrons. The zero-order valence-electron chi connectivity index (χ0n) is 11.6. The first-order valence-electron chi connectivity index (χ1n) is 6.66. The summed E-state index contributed by atoms with van der Waals surface area (Å²) >= 11 is 6.16. The first-order valence-corrected chi connectivity index (χ1v) is 7.04. The Bertz CT molecular complexity index is 634. The smallest absolute Gasteiger partial charge is 0.165 e. The molecule has 1 unspecified atom stereocenters. The molecule has 0 saturated heterocycles. The molecule has 0 spiro atoms. The van der Waals surface area contributed by atoms with Crippen LogP contribution in [0.15, 0.2) is 36.4 Å². The lowest BCUT2D eigenvalue weighted by Crippen LogP contribution is -2.21. The predicted molar refractivity (Wildman–Crippen MR) is 79.9 cm³/mol. The third kappa shape index (κ3) is 4.16. The number of hydrogen-bond acceptors (Lipinski definition) is 2. The van der Waals surface area contributed by atoms with Gasteiger partial charge in [-0.15, -0.1) is 0 Å². The Hall–Kier alpha value is -1.65. The molecule has 2 aromatic carbocycles. The highest BCUT2D eigenvalue weighted by atomic mass is 35.5. The number of hydrogen-bond donors (Lipinski definition) is 1. The normalized spacial score (nSPS) is 12.2. The van der Waals surface area contributed by atoms with Gasteiger partial charge in [-0.2, -0.15) is 0 Å². The maximum absolute atomic E-state index is 13.5. The highest BCUT2D eigenvalue weighted by Crippen LogP contribution is 2.29. The molecule has 0 saturated carbocycles. The molecule has 2 rings (SSSR count). The molecule has 0 aliphatic carbocycles. The number of benzene rings is 2. The molecule has 0 amide bonds. The van der Waals surface area contributed by atoms with Crippen LogP contribution in [-0.2, 0) is 6.42 Å². The molecular formula is C16H16ClF2NO. The highest BCUT2D eigenvalue weighted by Gasteiger charge is 2.10. The minimum atomic E-state index is -0.635. The topological polar surface area (TPSA) is 35.2 Å². The summed E-state index contributed by atoms with van der Waals surface area (Å²) in [6.45, 7) is 2.00. The van der Waals surface area contributed by atoms with E-state index >= 15 is 0 Å².